The van der Waals surface area contributed by atoms with E-state index in [1.807, 2.05) is 94.2 Å². The number of carbonyl (C=O) groups excluding carboxylic acids is 4. The number of nitrogens with two attached hydrogens (primary N) is 1. The van der Waals surface area contributed by atoms with Gasteiger partial charge in [-0.3, -0.25) is 9.59 Å². The second-order valence-electron chi connectivity index (χ2n) is 41.1. The van der Waals surface area contributed by atoms with Crippen molar-refractivity contribution in [3.8, 4) is 0 Å². The molecule has 43 heteroatoms. The number of aryl methyl sites for hydroxylation is 3. The first kappa shape index (κ1) is 100. The zero-order chi connectivity index (χ0) is 101. The highest BCUT2D eigenvalue weighted by molar-refractivity contribution is 7.90. The molecule has 36 nitrogen and oxygen atoms in total. The highest BCUT2D eigenvalue weighted by atomic mass is 35.5. The molecule has 5 aliphatic carbocycles. The predicted molar refractivity (Wildman–Crippen MR) is 555 cm³/mol. The maximum Gasteiger partial charge on any atom is 0.410 e. The van der Waals surface area contributed by atoms with Crippen molar-refractivity contribution in [3.63, 3.8) is 0 Å². The predicted octanol–water partition coefficient (Wildman–Crippen LogP) is 15.8. The number of fused-ring (bicyclic) bond motifs is 14. The quantitative estimate of drug-likeness (QED) is 0.0342. The van der Waals surface area contributed by atoms with Gasteiger partial charge in [0, 0.05) is 119 Å². The van der Waals surface area contributed by atoms with E-state index in [2.05, 4.69) is 82.1 Å². The SMILES string of the molecule is CC(C)(C)OC(=O)N1CC2CC(N)C1C2.Cc1ccc(S(=O)(=O)n2ccc3c(NC4CC5CC4N(C(=O)CNc4cc(Cl)cc(Cl)c4)C5)ncnc32)cc1.Cc1ccc(S(=O)(=O)n2ccc3c(NC4CC5CC4N(C(=O)OC(C)(C)C)C5)ncnc32)cc1.Cc1ccc(S(=O)(=O)n2ccc3c(NC4CC5CNC4C5)ncnc32)cc1.O=C(CNc1cc(Cl)cc(Cl)c1)N1CC2CC(Nc3ncnc4[nH]ccc34)C1C2. The Morgan fingerprint density at radius 1 is 0.396 bits per heavy atom. The molecule has 10 fully saturated rings. The third kappa shape index (κ3) is 21.6. The monoisotopic (exact) mass is 2090 g/mol. The van der Waals surface area contributed by atoms with E-state index in [1.54, 1.807) is 140 Å². The van der Waals surface area contributed by atoms with Crippen LogP contribution in [0.1, 0.15) is 122 Å². The number of carbonyl (C=O) groups is 4. The topological polar surface area (TPSA) is 446 Å². The van der Waals surface area contributed by atoms with Crippen molar-refractivity contribution in [2.24, 2.45) is 35.3 Å². The number of aromatic nitrogens is 12. The number of nitrogens with one attached hydrogen (secondary N) is 8. The summed E-state index contributed by atoms with van der Waals surface area (Å²) in [5, 5.41) is 28.8. The molecule has 15 atom stereocenters. The normalized spacial score (nSPS) is 23.7. The van der Waals surface area contributed by atoms with Crippen LogP contribution in [0.5, 0.6) is 0 Å². The molecule has 8 aromatic heterocycles. The minimum atomic E-state index is -3.82. The molecule has 13 heterocycles. The zero-order valence-electron chi connectivity index (χ0n) is 80.9. The summed E-state index contributed by atoms with van der Waals surface area (Å²) in [6.07, 6.45) is 21.7. The molecule has 4 amide bonds. The summed E-state index contributed by atoms with van der Waals surface area (Å²) in [5.74, 6) is 5.31. The van der Waals surface area contributed by atoms with E-state index >= 15 is 0 Å². The number of halogens is 4. The molecule has 23 rings (SSSR count). The maximum atomic E-state index is 13.3. The molecule has 758 valence electrons. The van der Waals surface area contributed by atoms with Gasteiger partial charge in [0.25, 0.3) is 30.1 Å². The van der Waals surface area contributed by atoms with Crippen LogP contribution >= 0.6 is 46.4 Å². The van der Waals surface area contributed by atoms with Crippen LogP contribution < -0.4 is 43.0 Å². The highest BCUT2D eigenvalue weighted by Crippen LogP contribution is 2.46. The molecule has 5 saturated heterocycles. The van der Waals surface area contributed by atoms with Crippen LogP contribution in [0.4, 0.5) is 44.2 Å². The fourth-order valence-electron chi connectivity index (χ4n) is 22.0. The molecule has 144 heavy (non-hydrogen) atoms. The van der Waals surface area contributed by atoms with Crippen molar-refractivity contribution in [1.82, 2.24) is 81.7 Å². The number of H-pyrrole nitrogens is 1. The Kier molecular flexibility index (Phi) is 28.4. The molecule has 5 aliphatic heterocycles. The highest BCUT2D eigenvalue weighted by Gasteiger charge is 2.52. The van der Waals surface area contributed by atoms with Crippen molar-refractivity contribution in [2.45, 2.75) is 213 Å². The molecular weight excluding hydrogens is 1980 g/mol. The van der Waals surface area contributed by atoms with E-state index in [0.717, 1.165) is 128 Å². The first-order valence-corrected chi connectivity index (χ1v) is 54.2. The summed E-state index contributed by atoms with van der Waals surface area (Å²) in [6, 6.07) is 39.2. The van der Waals surface area contributed by atoms with Gasteiger partial charge in [0.2, 0.25) is 11.8 Å². The third-order valence-electron chi connectivity index (χ3n) is 28.5. The average Bonchev–Trinajstić information content (AvgIpc) is 1.60. The van der Waals surface area contributed by atoms with Gasteiger partial charge in [0.05, 0.1) is 73.5 Å². The Labute approximate surface area is 855 Å². The van der Waals surface area contributed by atoms with Crippen LogP contribution in [0.25, 0.3) is 44.1 Å². The molecule has 10 bridgehead atoms. The first-order chi connectivity index (χ1) is 68.7. The summed E-state index contributed by atoms with van der Waals surface area (Å²) in [6.45, 7) is 21.5. The van der Waals surface area contributed by atoms with Gasteiger partial charge in [0.1, 0.15) is 65.4 Å². The zero-order valence-corrected chi connectivity index (χ0v) is 86.4. The number of aromatic amines is 1. The summed E-state index contributed by atoms with van der Waals surface area (Å²) in [7, 11) is -11.3. The van der Waals surface area contributed by atoms with Gasteiger partial charge in [-0.1, -0.05) is 99.5 Å². The number of piperidine rings is 5. The minimum absolute atomic E-state index is 0.00132. The van der Waals surface area contributed by atoms with Crippen LogP contribution in [-0.4, -0.2) is 243 Å². The lowest BCUT2D eigenvalue weighted by atomic mass is 10.1. The van der Waals surface area contributed by atoms with E-state index in [4.69, 9.17) is 61.6 Å². The smallest absolute Gasteiger partial charge is 0.410 e. The molecule has 10 aliphatic rings. The molecule has 0 spiro atoms. The van der Waals surface area contributed by atoms with Gasteiger partial charge in [0.15, 0.2) is 16.9 Å². The second kappa shape index (κ2) is 40.7. The second-order valence-corrected chi connectivity index (χ2v) is 48.3. The van der Waals surface area contributed by atoms with Crippen LogP contribution in [0.2, 0.25) is 20.1 Å². The number of ether oxygens (including phenoxy) is 2. The lowest BCUT2D eigenvalue weighted by Gasteiger charge is -2.35. The fraction of sp³-hybridized carbons (Fsp3) is 0.426. The maximum absolute atomic E-state index is 13.3. The Hall–Kier alpha value is -12.2. The molecular formula is C101H116Cl4N24O12S3. The first-order valence-electron chi connectivity index (χ1n) is 48.4. The van der Waals surface area contributed by atoms with Crippen molar-refractivity contribution in [2.75, 3.05) is 77.7 Å². The van der Waals surface area contributed by atoms with Crippen molar-refractivity contribution in [3.05, 3.63) is 220 Å². The Bertz CT molecular complexity index is 7340. The largest absolute Gasteiger partial charge is 0.444 e. The summed E-state index contributed by atoms with van der Waals surface area (Å²) in [4.78, 5) is 96.5. The number of benzene rings is 5. The number of amides is 4. The van der Waals surface area contributed by atoms with Gasteiger partial charge in [-0.2, -0.15) is 0 Å². The summed E-state index contributed by atoms with van der Waals surface area (Å²) in [5.41, 5.74) is 11.2. The van der Waals surface area contributed by atoms with E-state index in [1.165, 1.54) is 49.7 Å². The standard InChI is InChI=1S/C27H26Cl2N6O3S.C24H29N5O4S.C20H20Cl2N6O.C19H21N5O2S.C11H20N2O2/c1-16-2-4-21(5-3-16)39(37,38)35-7-6-22-26(31-15-32-27(22)35)33-23-8-17-9-24(23)34(14-17)25(36)13-30-20-11-18(28)10-19(29)12-20;1-15-5-7-17(8-6-15)34(31,32)29-10-9-18-21(25-14-26-22(18)29)27-19-11-16-12-20(19)28(13-16)23(30)33-24(2,3)4;21-12-5-13(22)7-14(6-12)24-8-18(29)28-9-11-3-16(17(28)4-11)27-20-15-1-2-23-19(15)25-10-26-20;1-12-2-4-14(5-3-12)27(25,26)24-7-6-15-18(21-11-22-19(15)24)23-17-9-13-8-16(17)20-10-13;1-11(2,3)15-10(14)13-6-7-4-8(12)9(13)5-7/h2-7,10-12,15,17,23-24,30H,8-9,13-14H2,1H3,(H,31,32,33);5-10,14,16,19-20H,11-13H2,1-4H3,(H,25,26,27);1-2,5-7,10-11,16-17,24H,3-4,8-9H2,(H2,23,25,26,27);2-7,11,13,16-17,20H,8-10H2,1H3,(H,21,22,23);7-9H,4-6,12H2,1-3H3. The van der Waals surface area contributed by atoms with E-state index in [0.29, 0.717) is 120 Å². The van der Waals surface area contributed by atoms with Gasteiger partial charge in [-0.15, -0.1) is 0 Å². The number of rotatable bonds is 20. The van der Waals surface area contributed by atoms with E-state index in [-0.39, 0.29) is 100 Å². The van der Waals surface area contributed by atoms with E-state index in [9.17, 15) is 44.4 Å². The van der Waals surface area contributed by atoms with Crippen LogP contribution in [0, 0.1) is 50.4 Å². The van der Waals surface area contributed by atoms with Gasteiger partial charge < -0.3 is 77.0 Å². The van der Waals surface area contributed by atoms with Crippen molar-refractivity contribution >= 4 is 179 Å². The molecule has 5 saturated carbocycles. The molecule has 5 aromatic carbocycles. The summed E-state index contributed by atoms with van der Waals surface area (Å²) < 4.78 is 93.8. The molecule has 15 unspecified atom stereocenters. The average molecular weight is 2100 g/mol. The van der Waals surface area contributed by atoms with Crippen molar-refractivity contribution in [1.29, 1.82) is 0 Å². The lowest BCUT2D eigenvalue weighted by Crippen LogP contribution is -2.49. The summed E-state index contributed by atoms with van der Waals surface area (Å²) >= 11 is 24.2. The lowest BCUT2D eigenvalue weighted by molar-refractivity contribution is -0.131. The number of hydrogen-bond donors (Lipinski definition) is 9. The Morgan fingerprint density at radius 2 is 0.729 bits per heavy atom. The van der Waals surface area contributed by atoms with Crippen molar-refractivity contribution < 1.29 is 53.9 Å². The number of hydrogen-bond acceptors (Lipinski definition) is 28. The fourth-order valence-corrected chi connectivity index (χ4v) is 27.0. The molecule has 10 N–H and O–H groups in total. The van der Waals surface area contributed by atoms with Gasteiger partial charge in [-0.25, -0.2) is 86.6 Å². The minimum Gasteiger partial charge on any atom is -0.444 e. The van der Waals surface area contributed by atoms with Crippen LogP contribution in [0.15, 0.2) is 198 Å². The van der Waals surface area contributed by atoms with Gasteiger partial charge >= 0.3 is 12.2 Å². The molecule has 0 radical (unpaired) electrons. The van der Waals surface area contributed by atoms with Gasteiger partial charge in [-0.05, 0) is 260 Å². The molecule has 13 aromatic rings. The number of likely N-dealkylation sites (tertiary alicyclic amines) is 4. The Balaban J connectivity index is 0.000000117. The van der Waals surface area contributed by atoms with Crippen LogP contribution in [-0.2, 0) is 49.1 Å². The third-order valence-corrected chi connectivity index (χ3v) is 34.4. The number of anilines is 6. The number of nitrogens with zero attached hydrogens (tertiary/aromatic N) is 15. The van der Waals surface area contributed by atoms with E-state index < -0.39 is 41.3 Å². The Morgan fingerprint density at radius 3 is 1.08 bits per heavy atom. The van der Waals surface area contributed by atoms with Crippen LogP contribution in [0.3, 0.4) is 0 Å².